The predicted octanol–water partition coefficient (Wildman–Crippen LogP) is 4.56. The van der Waals surface area contributed by atoms with Gasteiger partial charge in [0.05, 0.1) is 15.1 Å². The second-order valence-corrected chi connectivity index (χ2v) is 7.22. The van der Waals surface area contributed by atoms with Crippen molar-refractivity contribution in [2.45, 2.75) is 0 Å². The molecule has 138 valence electrons. The number of carbonyl (C=O) groups excluding carboxylic acids is 1. The predicted molar refractivity (Wildman–Crippen MR) is 109 cm³/mol. The quantitative estimate of drug-likeness (QED) is 0.381. The summed E-state index contributed by atoms with van der Waals surface area (Å²) >= 11 is 1.32. The van der Waals surface area contributed by atoms with Crippen molar-refractivity contribution in [3.63, 3.8) is 0 Å². The third-order valence-electron chi connectivity index (χ3n) is 4.44. The number of hydrogen-bond acceptors (Lipinski definition) is 4. The number of aryl methyl sites for hydroxylation is 1. The van der Waals surface area contributed by atoms with Crippen molar-refractivity contribution >= 4 is 33.1 Å². The first-order chi connectivity index (χ1) is 13.5. The molecule has 0 saturated heterocycles. The molecule has 1 aromatic heterocycles. The van der Waals surface area contributed by atoms with Crippen molar-refractivity contribution < 1.29 is 9.72 Å². The van der Waals surface area contributed by atoms with E-state index in [1.807, 2.05) is 42.5 Å². The third kappa shape index (κ3) is 3.35. The van der Waals surface area contributed by atoms with Crippen LogP contribution in [0.4, 0.5) is 5.69 Å². The minimum atomic E-state index is -0.437. The number of rotatable bonds is 3. The highest BCUT2D eigenvalue weighted by atomic mass is 32.1. The zero-order chi connectivity index (χ0) is 19.7. The topological polar surface area (TPSA) is 77.5 Å². The number of carbonyl (C=O) groups is 1. The van der Waals surface area contributed by atoms with Gasteiger partial charge in [0, 0.05) is 24.7 Å². The van der Waals surface area contributed by atoms with Crippen molar-refractivity contribution in [3.8, 4) is 11.1 Å². The molecule has 0 bridgehead atoms. The SMILES string of the molecule is Cn1c(=NC(=O)c2ccc(-c3ccccc3)cc2)sc2ccc([N+](=O)[O-])cc21. The number of fused-ring (bicyclic) bond motifs is 1. The zero-order valence-corrected chi connectivity index (χ0v) is 15.7. The maximum atomic E-state index is 12.6. The first-order valence-electron chi connectivity index (χ1n) is 8.51. The van der Waals surface area contributed by atoms with Crippen LogP contribution in [0.1, 0.15) is 10.4 Å². The van der Waals surface area contributed by atoms with Gasteiger partial charge in [-0.25, -0.2) is 0 Å². The summed E-state index contributed by atoms with van der Waals surface area (Å²) in [5.74, 6) is -0.351. The van der Waals surface area contributed by atoms with Crippen molar-refractivity contribution in [1.82, 2.24) is 4.57 Å². The van der Waals surface area contributed by atoms with E-state index < -0.39 is 4.92 Å². The summed E-state index contributed by atoms with van der Waals surface area (Å²) in [6.07, 6.45) is 0. The number of thiazole rings is 1. The Hall–Kier alpha value is -3.58. The van der Waals surface area contributed by atoms with Crippen LogP contribution in [0.2, 0.25) is 0 Å². The number of nitrogens with zero attached hydrogens (tertiary/aromatic N) is 3. The Balaban J connectivity index is 1.68. The highest BCUT2D eigenvalue weighted by Crippen LogP contribution is 2.23. The average Bonchev–Trinajstić information content (AvgIpc) is 3.03. The van der Waals surface area contributed by atoms with Crippen molar-refractivity contribution in [3.05, 3.63) is 93.3 Å². The molecular formula is C21H15N3O3S. The molecular weight excluding hydrogens is 374 g/mol. The Kier molecular flexibility index (Phi) is 4.58. The van der Waals surface area contributed by atoms with Crippen molar-refractivity contribution in [1.29, 1.82) is 0 Å². The van der Waals surface area contributed by atoms with Gasteiger partial charge in [-0.05, 0) is 29.3 Å². The summed E-state index contributed by atoms with van der Waals surface area (Å²) in [5.41, 5.74) is 3.27. The third-order valence-corrected chi connectivity index (χ3v) is 5.55. The van der Waals surface area contributed by atoms with Crippen LogP contribution in [0, 0.1) is 10.1 Å². The van der Waals surface area contributed by atoms with E-state index in [0.717, 1.165) is 15.8 Å². The van der Waals surface area contributed by atoms with E-state index >= 15 is 0 Å². The van der Waals surface area contributed by atoms with Gasteiger partial charge >= 0.3 is 0 Å². The average molecular weight is 389 g/mol. The fourth-order valence-corrected chi connectivity index (χ4v) is 3.92. The van der Waals surface area contributed by atoms with Crippen LogP contribution in [0.25, 0.3) is 21.3 Å². The van der Waals surface area contributed by atoms with Gasteiger partial charge in [0.15, 0.2) is 4.80 Å². The fraction of sp³-hybridized carbons (Fsp3) is 0.0476. The molecule has 0 radical (unpaired) electrons. The lowest BCUT2D eigenvalue weighted by Gasteiger charge is -2.02. The Morgan fingerprint density at radius 1 is 1.00 bits per heavy atom. The molecule has 0 aliphatic heterocycles. The van der Waals surface area contributed by atoms with Crippen LogP contribution in [0.3, 0.4) is 0 Å². The summed E-state index contributed by atoms with van der Waals surface area (Å²) in [7, 11) is 1.74. The summed E-state index contributed by atoms with van der Waals surface area (Å²) in [6, 6.07) is 21.8. The van der Waals surface area contributed by atoms with E-state index in [4.69, 9.17) is 0 Å². The van der Waals surface area contributed by atoms with E-state index in [2.05, 4.69) is 4.99 Å². The van der Waals surface area contributed by atoms with Crippen LogP contribution in [-0.4, -0.2) is 15.4 Å². The van der Waals surface area contributed by atoms with E-state index in [0.29, 0.717) is 15.9 Å². The Morgan fingerprint density at radius 2 is 1.68 bits per heavy atom. The number of nitro benzene ring substituents is 1. The highest BCUT2D eigenvalue weighted by molar-refractivity contribution is 7.16. The van der Waals surface area contributed by atoms with Crippen LogP contribution in [0.5, 0.6) is 0 Å². The lowest BCUT2D eigenvalue weighted by molar-refractivity contribution is -0.384. The summed E-state index contributed by atoms with van der Waals surface area (Å²) in [4.78, 5) is 27.8. The van der Waals surface area contributed by atoms with Crippen LogP contribution in [-0.2, 0) is 7.05 Å². The molecule has 0 spiro atoms. The second kappa shape index (κ2) is 7.21. The zero-order valence-electron chi connectivity index (χ0n) is 14.9. The number of aromatic nitrogens is 1. The standard InChI is InChI=1S/C21H15N3O3S/c1-23-18-13-17(24(26)27)11-12-19(18)28-21(23)22-20(25)16-9-7-15(8-10-16)14-5-3-2-4-6-14/h2-13H,1H3. The fourth-order valence-electron chi connectivity index (χ4n) is 2.92. The monoisotopic (exact) mass is 389 g/mol. The lowest BCUT2D eigenvalue weighted by atomic mass is 10.0. The van der Waals surface area contributed by atoms with E-state index in [-0.39, 0.29) is 11.6 Å². The summed E-state index contributed by atoms with van der Waals surface area (Å²) < 4.78 is 2.53. The summed E-state index contributed by atoms with van der Waals surface area (Å²) in [6.45, 7) is 0. The largest absolute Gasteiger partial charge is 0.319 e. The van der Waals surface area contributed by atoms with Crippen LogP contribution < -0.4 is 4.80 Å². The molecule has 4 aromatic rings. The summed E-state index contributed by atoms with van der Waals surface area (Å²) in [5, 5.41) is 11.0. The molecule has 7 heteroatoms. The number of non-ortho nitro benzene ring substituents is 1. The Labute approximate surface area is 164 Å². The molecule has 0 fully saturated rings. The van der Waals surface area contributed by atoms with Gasteiger partial charge < -0.3 is 4.57 Å². The minimum Gasteiger partial charge on any atom is -0.319 e. The number of amides is 1. The van der Waals surface area contributed by atoms with E-state index in [1.165, 1.54) is 23.5 Å². The smallest absolute Gasteiger partial charge is 0.279 e. The molecule has 0 N–H and O–H groups in total. The maximum absolute atomic E-state index is 12.6. The molecule has 0 saturated carbocycles. The van der Waals surface area contributed by atoms with Gasteiger partial charge in [-0.3, -0.25) is 14.9 Å². The molecule has 1 heterocycles. The van der Waals surface area contributed by atoms with Crippen molar-refractivity contribution in [2.24, 2.45) is 12.0 Å². The van der Waals surface area contributed by atoms with Gasteiger partial charge in [-0.15, -0.1) is 0 Å². The van der Waals surface area contributed by atoms with Crippen LogP contribution >= 0.6 is 11.3 Å². The minimum absolute atomic E-state index is 0.00952. The Morgan fingerprint density at radius 3 is 2.36 bits per heavy atom. The molecule has 0 aliphatic rings. The normalized spacial score (nSPS) is 11.7. The number of nitro groups is 1. The molecule has 1 amide bonds. The second-order valence-electron chi connectivity index (χ2n) is 6.21. The molecule has 0 unspecified atom stereocenters. The Bertz CT molecular complexity index is 1260. The van der Waals surface area contributed by atoms with Gasteiger partial charge in [0.2, 0.25) is 0 Å². The van der Waals surface area contributed by atoms with Gasteiger partial charge in [0.25, 0.3) is 11.6 Å². The highest BCUT2D eigenvalue weighted by Gasteiger charge is 2.11. The van der Waals surface area contributed by atoms with Gasteiger partial charge in [0.1, 0.15) is 0 Å². The molecule has 0 aliphatic carbocycles. The number of benzene rings is 3. The number of hydrogen-bond donors (Lipinski definition) is 0. The molecule has 28 heavy (non-hydrogen) atoms. The van der Waals surface area contributed by atoms with E-state index in [9.17, 15) is 14.9 Å². The van der Waals surface area contributed by atoms with Crippen LogP contribution in [0.15, 0.2) is 77.8 Å². The first-order valence-corrected chi connectivity index (χ1v) is 9.33. The van der Waals surface area contributed by atoms with Gasteiger partial charge in [-0.1, -0.05) is 53.8 Å². The molecule has 4 rings (SSSR count). The van der Waals surface area contributed by atoms with Crippen molar-refractivity contribution in [2.75, 3.05) is 0 Å². The van der Waals surface area contributed by atoms with E-state index in [1.54, 1.807) is 29.8 Å². The van der Waals surface area contributed by atoms with Gasteiger partial charge in [-0.2, -0.15) is 4.99 Å². The molecule has 6 nitrogen and oxygen atoms in total. The molecule has 0 atom stereocenters. The first kappa shape index (κ1) is 17.8. The molecule has 3 aromatic carbocycles. The lowest BCUT2D eigenvalue weighted by Crippen LogP contribution is -2.13. The maximum Gasteiger partial charge on any atom is 0.279 e.